The van der Waals surface area contributed by atoms with Crippen LogP contribution in [0.25, 0.3) is 0 Å². The van der Waals surface area contributed by atoms with Crippen LogP contribution < -0.4 is 16.8 Å². The summed E-state index contributed by atoms with van der Waals surface area (Å²) >= 11 is 0. The van der Waals surface area contributed by atoms with Gasteiger partial charge in [0.05, 0.1) is 12.6 Å². The number of piperazine rings is 1. The molecule has 0 aromatic carbocycles. The summed E-state index contributed by atoms with van der Waals surface area (Å²) in [6.45, 7) is 3.77. The molecule has 0 aromatic heterocycles. The first-order chi connectivity index (χ1) is 7.09. The molecule has 15 heavy (non-hydrogen) atoms. The summed E-state index contributed by atoms with van der Waals surface area (Å²) in [5.41, 5.74) is 10.5. The van der Waals surface area contributed by atoms with Gasteiger partial charge in [0.2, 0.25) is 5.91 Å². The Balaban J connectivity index is 2.30. The van der Waals surface area contributed by atoms with Crippen molar-refractivity contribution >= 4 is 11.7 Å². The van der Waals surface area contributed by atoms with Crippen molar-refractivity contribution in [3.8, 4) is 0 Å². The molecule has 1 aliphatic heterocycles. The minimum Gasteiger partial charge on any atom is -0.370 e. The zero-order valence-electron chi connectivity index (χ0n) is 8.74. The molecule has 1 fully saturated rings. The van der Waals surface area contributed by atoms with Crippen molar-refractivity contribution in [3.05, 3.63) is 0 Å². The number of carbonyl (C=O) groups excluding carboxylic acids is 2. The number of rotatable bonds is 5. The van der Waals surface area contributed by atoms with Gasteiger partial charge in [-0.25, -0.2) is 0 Å². The number of amides is 1. The van der Waals surface area contributed by atoms with Crippen molar-refractivity contribution in [2.75, 3.05) is 32.7 Å². The molecule has 1 atom stereocenters. The molecule has 1 aliphatic rings. The van der Waals surface area contributed by atoms with E-state index in [1.807, 2.05) is 4.90 Å². The Kier molecular flexibility index (Phi) is 4.67. The molecule has 86 valence electrons. The number of primary amides is 1. The lowest BCUT2D eigenvalue weighted by molar-refractivity contribution is -0.125. The van der Waals surface area contributed by atoms with Gasteiger partial charge in [-0.15, -0.1) is 0 Å². The van der Waals surface area contributed by atoms with Crippen LogP contribution in [-0.2, 0) is 9.59 Å². The number of hydrogen-bond donors (Lipinski definition) is 3. The number of ketones is 1. The molecular weight excluding hydrogens is 196 g/mol. The van der Waals surface area contributed by atoms with Gasteiger partial charge in [0, 0.05) is 32.6 Å². The zero-order valence-corrected chi connectivity index (χ0v) is 8.74. The molecular formula is C9H18N4O2. The molecule has 0 aliphatic carbocycles. The first-order valence-electron chi connectivity index (χ1n) is 5.09. The summed E-state index contributed by atoms with van der Waals surface area (Å²) in [5, 5.41) is 3.19. The van der Waals surface area contributed by atoms with Gasteiger partial charge in [-0.3, -0.25) is 14.5 Å². The summed E-state index contributed by atoms with van der Waals surface area (Å²) < 4.78 is 0. The molecule has 6 heteroatoms. The maximum Gasteiger partial charge on any atom is 0.219 e. The van der Waals surface area contributed by atoms with Gasteiger partial charge in [0.1, 0.15) is 0 Å². The van der Waals surface area contributed by atoms with Crippen molar-refractivity contribution in [2.45, 2.75) is 12.5 Å². The maximum atomic E-state index is 11.6. The standard InChI is InChI=1S/C9H18N4O2/c10-7(5-9(11)15)8(14)6-13-3-1-12-2-4-13/h7,12H,1-6,10H2,(H2,11,15)/t7-/m0/s1. The third-order valence-corrected chi connectivity index (χ3v) is 2.42. The third-order valence-electron chi connectivity index (χ3n) is 2.42. The summed E-state index contributed by atoms with van der Waals surface area (Å²) in [5.74, 6) is -0.646. The fourth-order valence-electron chi connectivity index (χ4n) is 1.54. The predicted octanol–water partition coefficient (Wildman–Crippen LogP) is -2.34. The normalized spacial score (nSPS) is 19.8. The highest BCUT2D eigenvalue weighted by Gasteiger charge is 2.19. The first-order valence-corrected chi connectivity index (χ1v) is 5.09. The molecule has 1 heterocycles. The predicted molar refractivity (Wildman–Crippen MR) is 56.1 cm³/mol. The Morgan fingerprint density at radius 2 is 1.93 bits per heavy atom. The molecule has 1 rings (SSSR count). The van der Waals surface area contributed by atoms with Crippen LogP contribution in [-0.4, -0.2) is 55.4 Å². The highest BCUT2D eigenvalue weighted by atomic mass is 16.1. The van der Waals surface area contributed by atoms with Gasteiger partial charge in [0.15, 0.2) is 5.78 Å². The van der Waals surface area contributed by atoms with Gasteiger partial charge in [-0.1, -0.05) is 0 Å². The Morgan fingerprint density at radius 3 is 2.47 bits per heavy atom. The van der Waals surface area contributed by atoms with Crippen molar-refractivity contribution in [1.29, 1.82) is 0 Å². The molecule has 0 radical (unpaired) electrons. The van der Waals surface area contributed by atoms with E-state index in [9.17, 15) is 9.59 Å². The number of nitrogens with two attached hydrogens (primary N) is 2. The number of Topliss-reactive ketones (excluding diaryl/α,β-unsaturated/α-hetero) is 1. The Hall–Kier alpha value is -0.980. The Labute approximate surface area is 89.0 Å². The molecule has 0 saturated carbocycles. The molecule has 0 aromatic rings. The SMILES string of the molecule is NC(=O)C[C@H](N)C(=O)CN1CCNCC1. The summed E-state index contributed by atoms with van der Waals surface area (Å²) in [6.07, 6.45) is -0.0646. The van der Waals surface area contributed by atoms with Crippen molar-refractivity contribution < 1.29 is 9.59 Å². The lowest BCUT2D eigenvalue weighted by atomic mass is 10.1. The molecule has 0 unspecified atom stereocenters. The third kappa shape index (κ3) is 4.37. The fourth-order valence-corrected chi connectivity index (χ4v) is 1.54. The quantitative estimate of drug-likeness (QED) is 0.476. The maximum absolute atomic E-state index is 11.6. The number of hydrogen-bond acceptors (Lipinski definition) is 5. The smallest absolute Gasteiger partial charge is 0.219 e. The molecule has 5 N–H and O–H groups in total. The van der Waals surface area contributed by atoms with Crippen LogP contribution in [0.5, 0.6) is 0 Å². The topological polar surface area (TPSA) is 101 Å². The molecule has 1 amide bonds. The Morgan fingerprint density at radius 1 is 1.33 bits per heavy atom. The van der Waals surface area contributed by atoms with Crippen LogP contribution in [0.15, 0.2) is 0 Å². The highest BCUT2D eigenvalue weighted by molar-refractivity contribution is 5.90. The number of nitrogens with zero attached hydrogens (tertiary/aromatic N) is 1. The van der Waals surface area contributed by atoms with Crippen LogP contribution >= 0.6 is 0 Å². The first kappa shape index (κ1) is 12.1. The lowest BCUT2D eigenvalue weighted by Crippen LogP contribution is -2.48. The number of carbonyl (C=O) groups is 2. The van der Waals surface area contributed by atoms with Gasteiger partial charge in [-0.2, -0.15) is 0 Å². The lowest BCUT2D eigenvalue weighted by Gasteiger charge is -2.27. The van der Waals surface area contributed by atoms with Crippen LogP contribution in [0.1, 0.15) is 6.42 Å². The minimum atomic E-state index is -0.752. The summed E-state index contributed by atoms with van der Waals surface area (Å²) in [6, 6.07) is -0.752. The van der Waals surface area contributed by atoms with E-state index in [-0.39, 0.29) is 12.2 Å². The van der Waals surface area contributed by atoms with Crippen molar-refractivity contribution in [2.24, 2.45) is 11.5 Å². The van der Waals surface area contributed by atoms with Gasteiger partial charge < -0.3 is 16.8 Å². The van der Waals surface area contributed by atoms with E-state index in [0.717, 1.165) is 26.2 Å². The second-order valence-electron chi connectivity index (χ2n) is 3.77. The van der Waals surface area contributed by atoms with E-state index in [2.05, 4.69) is 5.32 Å². The molecule has 0 spiro atoms. The summed E-state index contributed by atoms with van der Waals surface area (Å²) in [4.78, 5) is 24.2. The van der Waals surface area contributed by atoms with Gasteiger partial charge in [-0.05, 0) is 0 Å². The van der Waals surface area contributed by atoms with E-state index >= 15 is 0 Å². The molecule has 0 bridgehead atoms. The van der Waals surface area contributed by atoms with Gasteiger partial charge >= 0.3 is 0 Å². The second kappa shape index (κ2) is 5.79. The average molecular weight is 214 g/mol. The van der Waals surface area contributed by atoms with E-state index in [4.69, 9.17) is 11.5 Å². The van der Waals surface area contributed by atoms with E-state index < -0.39 is 11.9 Å². The monoisotopic (exact) mass is 214 g/mol. The minimum absolute atomic E-state index is 0.0646. The van der Waals surface area contributed by atoms with E-state index in [0.29, 0.717) is 6.54 Å². The van der Waals surface area contributed by atoms with Crippen LogP contribution in [0.2, 0.25) is 0 Å². The zero-order chi connectivity index (χ0) is 11.3. The van der Waals surface area contributed by atoms with Crippen molar-refractivity contribution in [1.82, 2.24) is 10.2 Å². The molecule has 6 nitrogen and oxygen atoms in total. The molecule has 1 saturated heterocycles. The van der Waals surface area contributed by atoms with Crippen LogP contribution in [0.4, 0.5) is 0 Å². The van der Waals surface area contributed by atoms with Gasteiger partial charge in [0.25, 0.3) is 0 Å². The highest BCUT2D eigenvalue weighted by Crippen LogP contribution is 1.96. The van der Waals surface area contributed by atoms with Crippen molar-refractivity contribution in [3.63, 3.8) is 0 Å². The van der Waals surface area contributed by atoms with E-state index in [1.54, 1.807) is 0 Å². The second-order valence-corrected chi connectivity index (χ2v) is 3.77. The largest absolute Gasteiger partial charge is 0.370 e. The van der Waals surface area contributed by atoms with Crippen LogP contribution in [0.3, 0.4) is 0 Å². The van der Waals surface area contributed by atoms with E-state index in [1.165, 1.54) is 0 Å². The average Bonchev–Trinajstić information content (AvgIpc) is 2.18. The number of nitrogens with one attached hydrogen (secondary N) is 1. The summed E-state index contributed by atoms with van der Waals surface area (Å²) in [7, 11) is 0. The Bertz CT molecular complexity index is 238. The van der Waals surface area contributed by atoms with Crippen LogP contribution in [0, 0.1) is 0 Å². The fraction of sp³-hybridized carbons (Fsp3) is 0.778.